The first-order valence-corrected chi connectivity index (χ1v) is 5.55. The highest BCUT2D eigenvalue weighted by molar-refractivity contribution is 7.12. The molecule has 2 rings (SSSR count). The molecule has 0 radical (unpaired) electrons. The Morgan fingerprint density at radius 2 is 2.13 bits per heavy atom. The third-order valence-electron chi connectivity index (χ3n) is 2.11. The van der Waals surface area contributed by atoms with Gasteiger partial charge in [0.05, 0.1) is 4.88 Å². The molecule has 2 N–H and O–H groups in total. The zero-order chi connectivity index (χ0) is 10.7. The van der Waals surface area contributed by atoms with Crippen molar-refractivity contribution in [2.45, 2.75) is 6.42 Å². The van der Waals surface area contributed by atoms with Crippen LogP contribution < -0.4 is 5.73 Å². The summed E-state index contributed by atoms with van der Waals surface area (Å²) >= 11 is 1.47. The highest BCUT2D eigenvalue weighted by Gasteiger charge is 2.07. The van der Waals surface area contributed by atoms with Gasteiger partial charge in [-0.25, -0.2) is 0 Å². The van der Waals surface area contributed by atoms with Crippen molar-refractivity contribution in [1.82, 2.24) is 0 Å². The highest BCUT2D eigenvalue weighted by Crippen LogP contribution is 2.14. The summed E-state index contributed by atoms with van der Waals surface area (Å²) in [5.41, 5.74) is 7.31. The van der Waals surface area contributed by atoms with Crippen LogP contribution in [0.3, 0.4) is 0 Å². The molecule has 0 saturated heterocycles. The molecule has 0 fully saturated rings. The summed E-state index contributed by atoms with van der Waals surface area (Å²) in [4.78, 5) is 12.6. The van der Waals surface area contributed by atoms with Gasteiger partial charge in [-0.15, -0.1) is 11.3 Å². The lowest BCUT2D eigenvalue weighted by atomic mass is 10.1. The minimum atomic E-state index is 0.149. The SMILES string of the molecule is Nc1cccc(CC(=O)c2cccs2)c1. The van der Waals surface area contributed by atoms with Crippen LogP contribution in [0, 0.1) is 0 Å². The number of nitrogen functional groups attached to an aromatic ring is 1. The highest BCUT2D eigenvalue weighted by atomic mass is 32.1. The normalized spacial score (nSPS) is 10.1. The molecule has 0 spiro atoms. The van der Waals surface area contributed by atoms with E-state index in [4.69, 9.17) is 5.73 Å². The summed E-state index contributed by atoms with van der Waals surface area (Å²) in [7, 11) is 0. The quantitative estimate of drug-likeness (QED) is 0.634. The van der Waals surface area contributed by atoms with Gasteiger partial charge < -0.3 is 5.73 Å². The monoisotopic (exact) mass is 217 g/mol. The van der Waals surface area contributed by atoms with E-state index in [1.807, 2.05) is 41.8 Å². The zero-order valence-corrected chi connectivity index (χ0v) is 8.96. The Morgan fingerprint density at radius 3 is 2.80 bits per heavy atom. The molecular formula is C12H11NOS. The lowest BCUT2D eigenvalue weighted by Crippen LogP contribution is -2.01. The molecule has 15 heavy (non-hydrogen) atoms. The molecule has 0 saturated carbocycles. The molecule has 0 amide bonds. The third-order valence-corrected chi connectivity index (χ3v) is 3.02. The van der Waals surface area contributed by atoms with Gasteiger partial charge in [0.15, 0.2) is 5.78 Å². The molecule has 1 heterocycles. The van der Waals surface area contributed by atoms with Crippen LogP contribution in [0.1, 0.15) is 15.2 Å². The second-order valence-electron chi connectivity index (χ2n) is 3.32. The first-order chi connectivity index (χ1) is 7.25. The summed E-state index contributed by atoms with van der Waals surface area (Å²) in [5.74, 6) is 0.149. The Labute approximate surface area is 92.4 Å². The molecule has 0 aliphatic carbocycles. The van der Waals surface area contributed by atoms with Crippen molar-refractivity contribution in [1.29, 1.82) is 0 Å². The van der Waals surface area contributed by atoms with Gasteiger partial charge in [0.1, 0.15) is 0 Å². The molecule has 2 aromatic rings. The maximum absolute atomic E-state index is 11.8. The number of carbonyl (C=O) groups is 1. The minimum Gasteiger partial charge on any atom is -0.399 e. The summed E-state index contributed by atoms with van der Waals surface area (Å²) in [6.07, 6.45) is 0.422. The minimum absolute atomic E-state index is 0.149. The number of ketones is 1. The number of hydrogen-bond acceptors (Lipinski definition) is 3. The Kier molecular flexibility index (Phi) is 2.83. The fourth-order valence-electron chi connectivity index (χ4n) is 1.41. The van der Waals surface area contributed by atoms with Crippen LogP contribution in [-0.2, 0) is 6.42 Å². The molecule has 1 aromatic heterocycles. The fraction of sp³-hybridized carbons (Fsp3) is 0.0833. The molecular weight excluding hydrogens is 206 g/mol. The Morgan fingerprint density at radius 1 is 1.27 bits per heavy atom. The first kappa shape index (κ1) is 9.93. The van der Waals surface area contributed by atoms with Crippen molar-refractivity contribution in [3.8, 4) is 0 Å². The molecule has 2 nitrogen and oxygen atoms in total. The lowest BCUT2D eigenvalue weighted by Gasteiger charge is -2.00. The summed E-state index contributed by atoms with van der Waals surface area (Å²) in [6.45, 7) is 0. The largest absolute Gasteiger partial charge is 0.399 e. The molecule has 76 valence electrons. The van der Waals surface area contributed by atoms with E-state index in [0.717, 1.165) is 10.4 Å². The van der Waals surface area contributed by atoms with Crippen molar-refractivity contribution in [3.05, 3.63) is 52.2 Å². The van der Waals surface area contributed by atoms with Crippen LogP contribution in [0.4, 0.5) is 5.69 Å². The van der Waals surface area contributed by atoms with Crippen molar-refractivity contribution in [2.75, 3.05) is 5.73 Å². The Balaban J connectivity index is 2.13. The predicted molar refractivity (Wildman–Crippen MR) is 63.2 cm³/mol. The summed E-state index contributed by atoms with van der Waals surface area (Å²) in [5, 5.41) is 1.91. The lowest BCUT2D eigenvalue weighted by molar-refractivity contribution is 0.0997. The smallest absolute Gasteiger partial charge is 0.177 e. The molecule has 0 bridgehead atoms. The van der Waals surface area contributed by atoms with Gasteiger partial charge in [-0.1, -0.05) is 18.2 Å². The topological polar surface area (TPSA) is 43.1 Å². The van der Waals surface area contributed by atoms with Gasteiger partial charge in [0.2, 0.25) is 0 Å². The van der Waals surface area contributed by atoms with Gasteiger partial charge in [0, 0.05) is 12.1 Å². The van der Waals surface area contributed by atoms with Gasteiger partial charge in [0.25, 0.3) is 0 Å². The van der Waals surface area contributed by atoms with E-state index in [-0.39, 0.29) is 5.78 Å². The molecule has 3 heteroatoms. The summed E-state index contributed by atoms with van der Waals surface area (Å²) < 4.78 is 0. The Hall–Kier alpha value is -1.61. The van der Waals surface area contributed by atoms with E-state index < -0.39 is 0 Å². The van der Waals surface area contributed by atoms with Crippen LogP contribution in [0.15, 0.2) is 41.8 Å². The van der Waals surface area contributed by atoms with E-state index in [0.29, 0.717) is 12.1 Å². The van der Waals surface area contributed by atoms with E-state index in [1.165, 1.54) is 11.3 Å². The molecule has 0 atom stereocenters. The standard InChI is InChI=1S/C12H11NOS/c13-10-4-1-3-9(7-10)8-11(14)12-5-2-6-15-12/h1-7H,8,13H2. The van der Waals surface area contributed by atoms with Crippen molar-refractivity contribution in [3.63, 3.8) is 0 Å². The number of rotatable bonds is 3. The molecule has 0 unspecified atom stereocenters. The van der Waals surface area contributed by atoms with Crippen LogP contribution in [-0.4, -0.2) is 5.78 Å². The zero-order valence-electron chi connectivity index (χ0n) is 8.14. The van der Waals surface area contributed by atoms with E-state index in [2.05, 4.69) is 0 Å². The number of anilines is 1. The first-order valence-electron chi connectivity index (χ1n) is 4.67. The van der Waals surface area contributed by atoms with Crippen LogP contribution >= 0.6 is 11.3 Å². The van der Waals surface area contributed by atoms with Gasteiger partial charge >= 0.3 is 0 Å². The van der Waals surface area contributed by atoms with Crippen LogP contribution in [0.5, 0.6) is 0 Å². The number of Topliss-reactive ketones (excluding diaryl/α,β-unsaturated/α-hetero) is 1. The second-order valence-corrected chi connectivity index (χ2v) is 4.27. The number of benzene rings is 1. The van der Waals surface area contributed by atoms with Crippen molar-refractivity contribution in [2.24, 2.45) is 0 Å². The van der Waals surface area contributed by atoms with Gasteiger partial charge in [-0.05, 0) is 29.1 Å². The van der Waals surface area contributed by atoms with E-state index >= 15 is 0 Å². The van der Waals surface area contributed by atoms with Crippen molar-refractivity contribution < 1.29 is 4.79 Å². The molecule has 0 aliphatic heterocycles. The maximum Gasteiger partial charge on any atom is 0.177 e. The number of carbonyl (C=O) groups excluding carboxylic acids is 1. The maximum atomic E-state index is 11.8. The number of nitrogens with two attached hydrogens (primary N) is 1. The average molecular weight is 217 g/mol. The van der Waals surface area contributed by atoms with E-state index in [9.17, 15) is 4.79 Å². The average Bonchev–Trinajstić information content (AvgIpc) is 2.70. The number of thiophene rings is 1. The number of hydrogen-bond donors (Lipinski definition) is 1. The Bertz CT molecular complexity index is 462. The second kappa shape index (κ2) is 4.28. The van der Waals surface area contributed by atoms with Gasteiger partial charge in [-0.3, -0.25) is 4.79 Å². The third kappa shape index (κ3) is 2.44. The van der Waals surface area contributed by atoms with Crippen molar-refractivity contribution >= 4 is 22.8 Å². The predicted octanol–water partition coefficient (Wildman–Crippen LogP) is 2.76. The summed E-state index contributed by atoms with van der Waals surface area (Å²) in [6, 6.07) is 11.2. The molecule has 1 aromatic carbocycles. The van der Waals surface area contributed by atoms with Crippen LogP contribution in [0.25, 0.3) is 0 Å². The fourth-order valence-corrected chi connectivity index (χ4v) is 2.08. The van der Waals surface area contributed by atoms with Gasteiger partial charge in [-0.2, -0.15) is 0 Å². The van der Waals surface area contributed by atoms with E-state index in [1.54, 1.807) is 0 Å². The van der Waals surface area contributed by atoms with Crippen LogP contribution in [0.2, 0.25) is 0 Å². The molecule has 0 aliphatic rings.